The third-order valence-corrected chi connectivity index (χ3v) is 3.30. The Morgan fingerprint density at radius 1 is 1.12 bits per heavy atom. The van der Waals surface area contributed by atoms with Gasteiger partial charge in [0.15, 0.2) is 17.6 Å². The summed E-state index contributed by atoms with van der Waals surface area (Å²) in [6, 6.07) is 7.27. The minimum absolute atomic E-state index is 0.0555. The van der Waals surface area contributed by atoms with Crippen LogP contribution in [-0.4, -0.2) is 30.2 Å². The van der Waals surface area contributed by atoms with Crippen molar-refractivity contribution in [1.82, 2.24) is 0 Å². The van der Waals surface area contributed by atoms with Crippen LogP contribution < -0.4 is 10.1 Å². The molecular formula is C17H15F2NO5. The Hall–Kier alpha value is -3.16. The van der Waals surface area contributed by atoms with Gasteiger partial charge in [-0.3, -0.25) is 4.79 Å². The number of carbonyl (C=O) groups is 2. The van der Waals surface area contributed by atoms with Crippen molar-refractivity contribution in [2.45, 2.75) is 13.0 Å². The van der Waals surface area contributed by atoms with Gasteiger partial charge in [-0.15, -0.1) is 0 Å². The summed E-state index contributed by atoms with van der Waals surface area (Å²) in [6.45, 7) is 1.23. The normalized spacial score (nSPS) is 11.5. The van der Waals surface area contributed by atoms with E-state index in [1.54, 1.807) is 0 Å². The fourth-order valence-corrected chi connectivity index (χ4v) is 1.97. The van der Waals surface area contributed by atoms with Crippen LogP contribution in [0.3, 0.4) is 0 Å². The Morgan fingerprint density at radius 2 is 1.72 bits per heavy atom. The van der Waals surface area contributed by atoms with Crippen LogP contribution in [0.2, 0.25) is 0 Å². The number of aromatic hydroxyl groups is 1. The number of para-hydroxylation sites is 2. The molecule has 0 fully saturated rings. The molecule has 25 heavy (non-hydrogen) atoms. The molecule has 1 amide bonds. The van der Waals surface area contributed by atoms with Gasteiger partial charge < -0.3 is 19.9 Å². The zero-order chi connectivity index (χ0) is 18.6. The first-order valence-corrected chi connectivity index (χ1v) is 7.17. The van der Waals surface area contributed by atoms with Crippen LogP contribution in [0.1, 0.15) is 17.3 Å². The van der Waals surface area contributed by atoms with Gasteiger partial charge in [0.25, 0.3) is 5.91 Å². The highest BCUT2D eigenvalue weighted by Crippen LogP contribution is 2.30. The number of hydrogen-bond acceptors (Lipinski definition) is 5. The minimum atomic E-state index is -1.36. The zero-order valence-electron chi connectivity index (χ0n) is 13.4. The molecule has 0 aliphatic rings. The molecule has 1 atom stereocenters. The Bertz CT molecular complexity index is 789. The largest absolute Gasteiger partial charge is 0.504 e. The van der Waals surface area contributed by atoms with Gasteiger partial charge in [-0.25, -0.2) is 13.6 Å². The highest BCUT2D eigenvalue weighted by molar-refractivity contribution is 5.98. The summed E-state index contributed by atoms with van der Waals surface area (Å²) in [5.74, 6) is -4.23. The number of esters is 1. The van der Waals surface area contributed by atoms with E-state index in [2.05, 4.69) is 0 Å². The Kier molecular flexibility index (Phi) is 5.53. The van der Waals surface area contributed by atoms with Crippen molar-refractivity contribution in [2.75, 3.05) is 12.4 Å². The van der Waals surface area contributed by atoms with E-state index in [1.165, 1.54) is 32.2 Å². The molecule has 0 bridgehead atoms. The van der Waals surface area contributed by atoms with Crippen LogP contribution >= 0.6 is 0 Å². The van der Waals surface area contributed by atoms with Crippen LogP contribution in [-0.2, 0) is 9.53 Å². The van der Waals surface area contributed by atoms with Crippen LogP contribution in [0.5, 0.6) is 11.5 Å². The molecule has 0 spiro atoms. The van der Waals surface area contributed by atoms with Gasteiger partial charge in [-0.2, -0.15) is 0 Å². The topological polar surface area (TPSA) is 84.9 Å². The molecule has 2 aromatic carbocycles. The molecule has 0 heterocycles. The second-order valence-electron chi connectivity index (χ2n) is 4.99. The molecule has 132 valence electrons. The van der Waals surface area contributed by atoms with Gasteiger partial charge in [0.2, 0.25) is 0 Å². The summed E-state index contributed by atoms with van der Waals surface area (Å²) in [5.41, 5.74) is -0.851. The number of anilines is 1. The van der Waals surface area contributed by atoms with E-state index in [1.807, 2.05) is 5.32 Å². The second kappa shape index (κ2) is 7.61. The van der Waals surface area contributed by atoms with E-state index in [9.17, 15) is 23.5 Å². The summed E-state index contributed by atoms with van der Waals surface area (Å²) < 4.78 is 36.8. The summed E-state index contributed by atoms with van der Waals surface area (Å²) in [7, 11) is 1.31. The van der Waals surface area contributed by atoms with Crippen molar-refractivity contribution in [3.63, 3.8) is 0 Å². The third kappa shape index (κ3) is 4.03. The average molecular weight is 351 g/mol. The number of amides is 1. The zero-order valence-corrected chi connectivity index (χ0v) is 13.4. The summed E-state index contributed by atoms with van der Waals surface area (Å²) in [4.78, 5) is 24.1. The molecule has 0 saturated carbocycles. The number of phenolic OH excluding ortho intramolecular Hbond substituents is 1. The second-order valence-corrected chi connectivity index (χ2v) is 4.99. The molecule has 8 heteroatoms. The van der Waals surface area contributed by atoms with Crippen molar-refractivity contribution < 1.29 is 33.0 Å². The number of hydrogen-bond donors (Lipinski definition) is 2. The van der Waals surface area contributed by atoms with Crippen molar-refractivity contribution in [2.24, 2.45) is 0 Å². The molecule has 0 aliphatic carbocycles. The SMILES string of the molecule is COc1cccc(C(=O)O[C@H](C)C(=O)Nc2c(F)cccc2F)c1O. The lowest BCUT2D eigenvalue weighted by molar-refractivity contribution is -0.123. The minimum Gasteiger partial charge on any atom is -0.504 e. The highest BCUT2D eigenvalue weighted by atomic mass is 19.1. The van der Waals surface area contributed by atoms with Gasteiger partial charge >= 0.3 is 5.97 Å². The van der Waals surface area contributed by atoms with E-state index >= 15 is 0 Å². The van der Waals surface area contributed by atoms with E-state index in [0.717, 1.165) is 18.2 Å². The van der Waals surface area contributed by atoms with Crippen LogP contribution in [0.4, 0.5) is 14.5 Å². The Labute approximate surface area is 142 Å². The van der Waals surface area contributed by atoms with Gasteiger partial charge in [-0.05, 0) is 31.2 Å². The number of halogens is 2. The van der Waals surface area contributed by atoms with E-state index < -0.39 is 41.1 Å². The number of methoxy groups -OCH3 is 1. The van der Waals surface area contributed by atoms with Gasteiger partial charge in [-0.1, -0.05) is 12.1 Å². The molecule has 2 rings (SSSR count). The fraction of sp³-hybridized carbons (Fsp3) is 0.176. The monoisotopic (exact) mass is 351 g/mol. The summed E-state index contributed by atoms with van der Waals surface area (Å²) >= 11 is 0. The van der Waals surface area contributed by atoms with E-state index in [0.29, 0.717) is 0 Å². The first-order valence-electron chi connectivity index (χ1n) is 7.17. The quantitative estimate of drug-likeness (QED) is 0.809. The van der Waals surface area contributed by atoms with E-state index in [-0.39, 0.29) is 11.3 Å². The molecule has 0 aromatic heterocycles. The molecule has 2 N–H and O–H groups in total. The first kappa shape index (κ1) is 18.2. The van der Waals surface area contributed by atoms with Gasteiger partial charge in [0.1, 0.15) is 22.9 Å². The van der Waals surface area contributed by atoms with Crippen molar-refractivity contribution in [3.8, 4) is 11.5 Å². The average Bonchev–Trinajstić information content (AvgIpc) is 2.58. The number of phenols is 1. The predicted octanol–water partition coefficient (Wildman–Crippen LogP) is 2.86. The van der Waals surface area contributed by atoms with Crippen molar-refractivity contribution in [1.29, 1.82) is 0 Å². The molecular weight excluding hydrogens is 336 g/mol. The molecule has 6 nitrogen and oxygen atoms in total. The number of rotatable bonds is 5. The van der Waals surface area contributed by atoms with Crippen LogP contribution in [0.25, 0.3) is 0 Å². The summed E-state index contributed by atoms with van der Waals surface area (Å²) in [5, 5.41) is 11.9. The molecule has 0 aliphatic heterocycles. The Balaban J connectivity index is 2.10. The van der Waals surface area contributed by atoms with Crippen molar-refractivity contribution >= 4 is 17.6 Å². The lowest BCUT2D eigenvalue weighted by Crippen LogP contribution is -2.30. The van der Waals surface area contributed by atoms with Crippen LogP contribution in [0.15, 0.2) is 36.4 Å². The van der Waals surface area contributed by atoms with Gasteiger partial charge in [0.05, 0.1) is 7.11 Å². The maximum absolute atomic E-state index is 13.5. The van der Waals surface area contributed by atoms with Crippen LogP contribution in [0, 0.1) is 11.6 Å². The highest BCUT2D eigenvalue weighted by Gasteiger charge is 2.23. The first-order chi connectivity index (χ1) is 11.8. The maximum Gasteiger partial charge on any atom is 0.342 e. The number of ether oxygens (including phenoxy) is 2. The van der Waals surface area contributed by atoms with Crippen molar-refractivity contribution in [3.05, 3.63) is 53.6 Å². The molecule has 0 radical (unpaired) electrons. The number of nitrogens with one attached hydrogen (secondary N) is 1. The number of benzene rings is 2. The lowest BCUT2D eigenvalue weighted by atomic mass is 10.2. The van der Waals surface area contributed by atoms with E-state index in [4.69, 9.17) is 9.47 Å². The molecule has 2 aromatic rings. The van der Waals surface area contributed by atoms with Gasteiger partial charge in [0, 0.05) is 0 Å². The maximum atomic E-state index is 13.5. The summed E-state index contributed by atoms with van der Waals surface area (Å²) in [6.07, 6.45) is -1.36. The smallest absolute Gasteiger partial charge is 0.342 e. The fourth-order valence-electron chi connectivity index (χ4n) is 1.97. The Morgan fingerprint density at radius 3 is 2.32 bits per heavy atom. The predicted molar refractivity (Wildman–Crippen MR) is 84.5 cm³/mol. The number of carbonyl (C=O) groups excluding carboxylic acids is 2. The molecule has 0 unspecified atom stereocenters. The third-order valence-electron chi connectivity index (χ3n) is 3.30. The standard InChI is InChI=1S/C17H15F2NO5/c1-9(16(22)20-14-11(18)6-4-7-12(14)19)25-17(23)10-5-3-8-13(24-2)15(10)21/h3-9,21H,1-2H3,(H,20,22)/t9-/m1/s1. The molecule has 0 saturated heterocycles. The lowest BCUT2D eigenvalue weighted by Gasteiger charge is -2.15.